The molecule has 0 amide bonds. The van der Waals surface area contributed by atoms with Gasteiger partial charge in [0.2, 0.25) is 5.95 Å². The van der Waals surface area contributed by atoms with Gasteiger partial charge in [0.25, 0.3) is 5.56 Å². The maximum atomic E-state index is 13.1. The summed E-state index contributed by atoms with van der Waals surface area (Å²) in [5, 5.41) is 0.627. The quantitative estimate of drug-likeness (QED) is 0.620. The van der Waals surface area contributed by atoms with E-state index < -0.39 is 0 Å². The summed E-state index contributed by atoms with van der Waals surface area (Å²) in [5.41, 5.74) is 0.686. The largest absolute Gasteiger partial charge is 0.383 e. The molecule has 4 rings (SSSR count). The van der Waals surface area contributed by atoms with E-state index in [0.717, 1.165) is 35.2 Å². The molecule has 1 saturated heterocycles. The molecule has 27 heavy (non-hydrogen) atoms. The van der Waals surface area contributed by atoms with Crippen molar-refractivity contribution >= 4 is 32.8 Å². The molecule has 0 saturated carbocycles. The number of hydrogen-bond donors (Lipinski definition) is 0. The standard InChI is InChI=1S/C19H20BrN5O2/c1-27-10-9-25-17(23-15-6-3-2-5-14(15)18(25)26)16-7-4-8-24(16)19-21-11-13(20)12-22-19/h2-3,5-6,11-12,16H,4,7-10H2,1H3. The Kier molecular flexibility index (Phi) is 5.18. The van der Waals surface area contributed by atoms with Crippen LogP contribution in [0.4, 0.5) is 5.95 Å². The lowest BCUT2D eigenvalue weighted by molar-refractivity contribution is 0.184. The molecule has 7 nitrogen and oxygen atoms in total. The van der Waals surface area contributed by atoms with Gasteiger partial charge in [-0.3, -0.25) is 9.36 Å². The van der Waals surface area contributed by atoms with E-state index in [1.807, 2.05) is 24.3 Å². The summed E-state index contributed by atoms with van der Waals surface area (Å²) >= 11 is 3.38. The maximum absolute atomic E-state index is 13.1. The van der Waals surface area contributed by atoms with Gasteiger partial charge in [-0.25, -0.2) is 15.0 Å². The zero-order valence-electron chi connectivity index (χ0n) is 15.0. The summed E-state index contributed by atoms with van der Waals surface area (Å²) in [7, 11) is 1.64. The fourth-order valence-corrected chi connectivity index (χ4v) is 3.77. The lowest BCUT2D eigenvalue weighted by Crippen LogP contribution is -2.33. The van der Waals surface area contributed by atoms with Crippen LogP contribution in [-0.4, -0.2) is 39.8 Å². The van der Waals surface area contributed by atoms with E-state index in [0.29, 0.717) is 24.5 Å². The van der Waals surface area contributed by atoms with Crippen LogP contribution < -0.4 is 10.5 Å². The number of para-hydroxylation sites is 1. The van der Waals surface area contributed by atoms with Gasteiger partial charge in [0, 0.05) is 26.0 Å². The second-order valence-electron chi connectivity index (χ2n) is 6.49. The van der Waals surface area contributed by atoms with Crippen molar-refractivity contribution in [2.24, 2.45) is 0 Å². The Bertz CT molecular complexity index is 1010. The highest BCUT2D eigenvalue weighted by atomic mass is 79.9. The highest BCUT2D eigenvalue weighted by molar-refractivity contribution is 9.10. The first-order valence-corrected chi connectivity index (χ1v) is 9.71. The molecule has 2 aromatic heterocycles. The number of nitrogens with zero attached hydrogens (tertiary/aromatic N) is 5. The van der Waals surface area contributed by atoms with Crippen LogP contribution in [-0.2, 0) is 11.3 Å². The highest BCUT2D eigenvalue weighted by Crippen LogP contribution is 2.33. The molecular formula is C19H20BrN5O2. The minimum absolute atomic E-state index is 0.0313. The molecule has 0 aliphatic carbocycles. The number of anilines is 1. The second-order valence-corrected chi connectivity index (χ2v) is 7.41. The minimum atomic E-state index is -0.0414. The molecule has 0 N–H and O–H groups in total. The smallest absolute Gasteiger partial charge is 0.261 e. The van der Waals surface area contributed by atoms with Crippen LogP contribution in [0, 0.1) is 0 Å². The first kappa shape index (κ1) is 18.1. The lowest BCUT2D eigenvalue weighted by atomic mass is 10.1. The van der Waals surface area contributed by atoms with Gasteiger partial charge in [-0.2, -0.15) is 0 Å². The molecule has 1 aliphatic heterocycles. The normalized spacial score (nSPS) is 17.0. The number of rotatable bonds is 5. The number of benzene rings is 1. The predicted molar refractivity (Wildman–Crippen MR) is 107 cm³/mol. The summed E-state index contributed by atoms with van der Waals surface area (Å²) in [4.78, 5) is 29.0. The van der Waals surface area contributed by atoms with E-state index in [1.165, 1.54) is 0 Å². The van der Waals surface area contributed by atoms with Gasteiger partial charge in [-0.1, -0.05) is 12.1 Å². The van der Waals surface area contributed by atoms with Crippen LogP contribution in [0.3, 0.4) is 0 Å². The third kappa shape index (κ3) is 3.46. The van der Waals surface area contributed by atoms with Crippen LogP contribution in [0.15, 0.2) is 45.9 Å². The minimum Gasteiger partial charge on any atom is -0.383 e. The van der Waals surface area contributed by atoms with Gasteiger partial charge in [-0.05, 0) is 40.9 Å². The average molecular weight is 430 g/mol. The van der Waals surface area contributed by atoms with Crippen molar-refractivity contribution in [1.82, 2.24) is 19.5 Å². The third-order valence-electron chi connectivity index (χ3n) is 4.82. The number of hydrogen-bond acceptors (Lipinski definition) is 6. The third-order valence-corrected chi connectivity index (χ3v) is 5.23. The first-order chi connectivity index (χ1) is 13.2. The van der Waals surface area contributed by atoms with Gasteiger partial charge in [0.15, 0.2) is 0 Å². The van der Waals surface area contributed by atoms with Crippen molar-refractivity contribution in [3.05, 3.63) is 57.3 Å². The Hall–Kier alpha value is -2.32. The van der Waals surface area contributed by atoms with E-state index in [4.69, 9.17) is 9.72 Å². The molecule has 3 aromatic rings. The molecule has 3 heterocycles. The number of fused-ring (bicyclic) bond motifs is 1. The molecule has 1 aliphatic rings. The molecule has 1 unspecified atom stereocenters. The molecule has 1 atom stereocenters. The fraction of sp³-hybridized carbons (Fsp3) is 0.368. The topological polar surface area (TPSA) is 73.1 Å². The summed E-state index contributed by atoms with van der Waals surface area (Å²) in [5.74, 6) is 1.40. The molecule has 0 bridgehead atoms. The molecule has 1 fully saturated rings. The Morgan fingerprint density at radius 1 is 1.26 bits per heavy atom. The van der Waals surface area contributed by atoms with Crippen molar-refractivity contribution in [2.75, 3.05) is 25.2 Å². The Morgan fingerprint density at radius 3 is 2.81 bits per heavy atom. The van der Waals surface area contributed by atoms with Crippen LogP contribution in [0.25, 0.3) is 10.9 Å². The number of aromatic nitrogens is 4. The Labute approximate surface area is 165 Å². The van der Waals surface area contributed by atoms with Gasteiger partial charge in [-0.15, -0.1) is 0 Å². The first-order valence-electron chi connectivity index (χ1n) is 8.91. The molecule has 0 radical (unpaired) electrons. The number of methoxy groups -OCH3 is 1. The summed E-state index contributed by atoms with van der Waals surface area (Å²) in [6.07, 6.45) is 5.38. The second kappa shape index (κ2) is 7.74. The Morgan fingerprint density at radius 2 is 2.04 bits per heavy atom. The van der Waals surface area contributed by atoms with E-state index in [2.05, 4.69) is 30.8 Å². The lowest BCUT2D eigenvalue weighted by Gasteiger charge is -2.26. The van der Waals surface area contributed by atoms with Crippen molar-refractivity contribution < 1.29 is 4.74 Å². The van der Waals surface area contributed by atoms with Gasteiger partial charge in [0.05, 0.1) is 34.6 Å². The maximum Gasteiger partial charge on any atom is 0.261 e. The zero-order valence-corrected chi connectivity index (χ0v) is 16.6. The average Bonchev–Trinajstić information content (AvgIpc) is 3.17. The van der Waals surface area contributed by atoms with E-state index in [9.17, 15) is 4.79 Å². The molecular weight excluding hydrogens is 410 g/mol. The zero-order chi connectivity index (χ0) is 18.8. The van der Waals surface area contributed by atoms with E-state index >= 15 is 0 Å². The van der Waals surface area contributed by atoms with Crippen LogP contribution in [0.5, 0.6) is 0 Å². The van der Waals surface area contributed by atoms with Crippen LogP contribution >= 0.6 is 15.9 Å². The van der Waals surface area contributed by atoms with Crippen molar-refractivity contribution in [2.45, 2.75) is 25.4 Å². The molecule has 1 aromatic carbocycles. The molecule has 0 spiro atoms. The van der Waals surface area contributed by atoms with Gasteiger partial charge < -0.3 is 9.64 Å². The van der Waals surface area contributed by atoms with Gasteiger partial charge >= 0.3 is 0 Å². The monoisotopic (exact) mass is 429 g/mol. The van der Waals surface area contributed by atoms with Crippen molar-refractivity contribution in [3.63, 3.8) is 0 Å². The molecule has 140 valence electrons. The van der Waals surface area contributed by atoms with Crippen molar-refractivity contribution in [3.8, 4) is 0 Å². The summed E-state index contributed by atoms with van der Waals surface area (Å²) in [6, 6.07) is 7.43. The summed E-state index contributed by atoms with van der Waals surface area (Å²) < 4.78 is 7.80. The molecule has 8 heteroatoms. The SMILES string of the molecule is COCCn1c(C2CCCN2c2ncc(Br)cn2)nc2ccccc2c1=O. The number of ether oxygens (including phenoxy) is 1. The highest BCUT2D eigenvalue weighted by Gasteiger charge is 2.32. The van der Waals surface area contributed by atoms with E-state index in [1.54, 1.807) is 24.1 Å². The van der Waals surface area contributed by atoms with E-state index in [-0.39, 0.29) is 11.6 Å². The number of halogens is 1. The van der Waals surface area contributed by atoms with Gasteiger partial charge in [0.1, 0.15) is 5.82 Å². The Balaban J connectivity index is 1.83. The van der Waals surface area contributed by atoms with Crippen LogP contribution in [0.1, 0.15) is 24.7 Å². The fourth-order valence-electron chi connectivity index (χ4n) is 3.57. The summed E-state index contributed by atoms with van der Waals surface area (Å²) in [6.45, 7) is 1.75. The predicted octanol–water partition coefficient (Wildman–Crippen LogP) is 2.94. The van der Waals surface area contributed by atoms with Crippen molar-refractivity contribution in [1.29, 1.82) is 0 Å². The van der Waals surface area contributed by atoms with Crippen LogP contribution in [0.2, 0.25) is 0 Å².